The summed E-state index contributed by atoms with van der Waals surface area (Å²) in [6, 6.07) is 7.33. The fourth-order valence-electron chi connectivity index (χ4n) is 4.47. The van der Waals surface area contributed by atoms with Gasteiger partial charge in [-0.25, -0.2) is 4.98 Å². The van der Waals surface area contributed by atoms with Gasteiger partial charge in [0.2, 0.25) is 0 Å². The number of ether oxygens (including phenoxy) is 3. The van der Waals surface area contributed by atoms with Crippen LogP contribution in [0, 0.1) is 6.92 Å². The predicted molar refractivity (Wildman–Crippen MR) is 110 cm³/mol. The summed E-state index contributed by atoms with van der Waals surface area (Å²) in [5, 5.41) is 0. The number of nitrogens with one attached hydrogen (secondary N) is 1. The molecule has 2 aliphatic rings. The Balaban J connectivity index is 1.70. The zero-order chi connectivity index (χ0) is 21.3. The van der Waals surface area contributed by atoms with Gasteiger partial charge in [-0.15, -0.1) is 0 Å². The SMILES string of the molecule is COc1ccc([C@@H]2CN(C(=O)C3CCCO3)C[C@H]2c2cc(=O)[nH]c(C)n2)cc1OC. The molecular weight excluding hydrogens is 386 g/mol. The van der Waals surface area contributed by atoms with Crippen LogP contribution in [-0.2, 0) is 9.53 Å². The maximum absolute atomic E-state index is 13.0. The number of aromatic nitrogens is 2. The summed E-state index contributed by atoms with van der Waals surface area (Å²) in [6.45, 7) is 3.42. The summed E-state index contributed by atoms with van der Waals surface area (Å²) in [4.78, 5) is 34.2. The molecule has 8 heteroatoms. The first-order chi connectivity index (χ1) is 14.5. The predicted octanol–water partition coefficient (Wildman–Crippen LogP) is 1.98. The van der Waals surface area contributed by atoms with Crippen molar-refractivity contribution < 1.29 is 19.0 Å². The molecule has 2 fully saturated rings. The van der Waals surface area contributed by atoms with E-state index < -0.39 is 0 Å². The average molecular weight is 413 g/mol. The van der Waals surface area contributed by atoms with Crippen LogP contribution in [-0.4, -0.2) is 60.8 Å². The Morgan fingerprint density at radius 3 is 2.60 bits per heavy atom. The van der Waals surface area contributed by atoms with Crippen molar-refractivity contribution in [3.63, 3.8) is 0 Å². The molecular formula is C22H27N3O5. The van der Waals surface area contributed by atoms with Crippen molar-refractivity contribution in [2.45, 2.75) is 37.7 Å². The highest BCUT2D eigenvalue weighted by Crippen LogP contribution is 2.42. The average Bonchev–Trinajstić information content (AvgIpc) is 3.42. The van der Waals surface area contributed by atoms with E-state index in [1.54, 1.807) is 21.1 Å². The Morgan fingerprint density at radius 1 is 1.17 bits per heavy atom. The molecule has 2 saturated heterocycles. The highest BCUT2D eigenvalue weighted by atomic mass is 16.5. The highest BCUT2D eigenvalue weighted by Gasteiger charge is 2.41. The van der Waals surface area contributed by atoms with Crippen LogP contribution >= 0.6 is 0 Å². The van der Waals surface area contributed by atoms with E-state index in [1.165, 1.54) is 6.07 Å². The van der Waals surface area contributed by atoms with Crippen molar-refractivity contribution in [1.29, 1.82) is 0 Å². The van der Waals surface area contributed by atoms with Gasteiger partial charge in [-0.05, 0) is 37.5 Å². The number of methoxy groups -OCH3 is 2. The van der Waals surface area contributed by atoms with Gasteiger partial charge in [-0.2, -0.15) is 0 Å². The van der Waals surface area contributed by atoms with Crippen molar-refractivity contribution in [3.8, 4) is 11.5 Å². The number of carbonyl (C=O) groups is 1. The second-order valence-electron chi connectivity index (χ2n) is 7.83. The number of hydrogen-bond acceptors (Lipinski definition) is 6. The molecule has 1 N–H and O–H groups in total. The van der Waals surface area contributed by atoms with Crippen molar-refractivity contribution in [3.05, 3.63) is 51.7 Å². The van der Waals surface area contributed by atoms with Gasteiger partial charge in [0.25, 0.3) is 11.5 Å². The summed E-state index contributed by atoms with van der Waals surface area (Å²) in [5.74, 6) is 1.73. The molecule has 1 aromatic carbocycles. The number of nitrogens with zero attached hydrogens (tertiary/aromatic N) is 2. The zero-order valence-corrected chi connectivity index (χ0v) is 17.5. The zero-order valence-electron chi connectivity index (χ0n) is 17.5. The fourth-order valence-corrected chi connectivity index (χ4v) is 4.47. The Kier molecular flexibility index (Phi) is 5.76. The molecule has 2 aliphatic heterocycles. The number of aryl methyl sites for hydroxylation is 1. The third-order valence-electron chi connectivity index (χ3n) is 5.93. The minimum atomic E-state index is -0.372. The Hall–Kier alpha value is -2.87. The van der Waals surface area contributed by atoms with Gasteiger partial charge >= 0.3 is 0 Å². The molecule has 0 aliphatic carbocycles. The van der Waals surface area contributed by atoms with Crippen LogP contribution in [0.15, 0.2) is 29.1 Å². The number of likely N-dealkylation sites (tertiary alicyclic amines) is 1. The van der Waals surface area contributed by atoms with Gasteiger partial charge in [-0.1, -0.05) is 6.07 Å². The van der Waals surface area contributed by atoms with Crippen molar-refractivity contribution in [1.82, 2.24) is 14.9 Å². The second kappa shape index (κ2) is 8.47. The second-order valence-corrected chi connectivity index (χ2v) is 7.83. The Bertz CT molecular complexity index is 983. The van der Waals surface area contributed by atoms with Gasteiger partial charge in [-0.3, -0.25) is 9.59 Å². The molecule has 1 aromatic heterocycles. The van der Waals surface area contributed by atoms with E-state index >= 15 is 0 Å². The van der Waals surface area contributed by atoms with E-state index in [-0.39, 0.29) is 29.4 Å². The van der Waals surface area contributed by atoms with Gasteiger partial charge in [0.1, 0.15) is 11.9 Å². The molecule has 160 valence electrons. The highest BCUT2D eigenvalue weighted by molar-refractivity contribution is 5.81. The Labute approximate surface area is 175 Å². The van der Waals surface area contributed by atoms with E-state index in [0.29, 0.717) is 42.7 Å². The lowest BCUT2D eigenvalue weighted by atomic mass is 9.86. The number of aromatic amines is 1. The van der Waals surface area contributed by atoms with Crippen LogP contribution in [0.25, 0.3) is 0 Å². The van der Waals surface area contributed by atoms with E-state index in [1.807, 2.05) is 23.1 Å². The lowest BCUT2D eigenvalue weighted by molar-refractivity contribution is -0.139. The van der Waals surface area contributed by atoms with E-state index in [2.05, 4.69) is 9.97 Å². The van der Waals surface area contributed by atoms with Crippen molar-refractivity contribution in [2.24, 2.45) is 0 Å². The van der Waals surface area contributed by atoms with Crippen LogP contribution in [0.2, 0.25) is 0 Å². The molecule has 3 heterocycles. The summed E-state index contributed by atoms with van der Waals surface area (Å²) in [5.41, 5.74) is 1.52. The first-order valence-corrected chi connectivity index (χ1v) is 10.2. The Morgan fingerprint density at radius 2 is 1.93 bits per heavy atom. The lowest BCUT2D eigenvalue weighted by Crippen LogP contribution is -2.37. The summed E-state index contributed by atoms with van der Waals surface area (Å²) < 4.78 is 16.5. The van der Waals surface area contributed by atoms with Crippen molar-refractivity contribution in [2.75, 3.05) is 33.9 Å². The maximum atomic E-state index is 13.0. The fraction of sp³-hybridized carbons (Fsp3) is 0.500. The molecule has 0 spiro atoms. The smallest absolute Gasteiger partial charge is 0.251 e. The molecule has 2 aromatic rings. The molecule has 1 amide bonds. The number of carbonyl (C=O) groups excluding carboxylic acids is 1. The molecule has 30 heavy (non-hydrogen) atoms. The largest absolute Gasteiger partial charge is 0.493 e. The quantitative estimate of drug-likeness (QED) is 0.806. The minimum Gasteiger partial charge on any atom is -0.493 e. The van der Waals surface area contributed by atoms with Crippen LogP contribution in [0.4, 0.5) is 0 Å². The maximum Gasteiger partial charge on any atom is 0.251 e. The first-order valence-electron chi connectivity index (χ1n) is 10.2. The third-order valence-corrected chi connectivity index (χ3v) is 5.93. The monoisotopic (exact) mass is 413 g/mol. The molecule has 3 atom stereocenters. The molecule has 0 bridgehead atoms. The molecule has 0 saturated carbocycles. The number of hydrogen-bond donors (Lipinski definition) is 1. The van der Waals surface area contributed by atoms with Crippen LogP contribution < -0.4 is 15.0 Å². The number of benzene rings is 1. The molecule has 4 rings (SSSR count). The summed E-state index contributed by atoms with van der Waals surface area (Å²) in [6.07, 6.45) is 1.29. The van der Waals surface area contributed by atoms with Gasteiger partial charge in [0.05, 0.1) is 19.9 Å². The van der Waals surface area contributed by atoms with E-state index in [9.17, 15) is 9.59 Å². The summed E-state index contributed by atoms with van der Waals surface area (Å²) in [7, 11) is 3.20. The van der Waals surface area contributed by atoms with Crippen LogP contribution in [0.1, 0.15) is 41.8 Å². The number of amides is 1. The molecule has 1 unspecified atom stereocenters. The van der Waals surface area contributed by atoms with Crippen LogP contribution in [0.5, 0.6) is 11.5 Å². The van der Waals surface area contributed by atoms with Gasteiger partial charge < -0.3 is 24.1 Å². The minimum absolute atomic E-state index is 0.0158. The van der Waals surface area contributed by atoms with Crippen LogP contribution in [0.3, 0.4) is 0 Å². The van der Waals surface area contributed by atoms with Crippen molar-refractivity contribution >= 4 is 5.91 Å². The number of H-pyrrole nitrogens is 1. The van der Waals surface area contributed by atoms with E-state index in [0.717, 1.165) is 18.4 Å². The summed E-state index contributed by atoms with van der Waals surface area (Å²) >= 11 is 0. The first kappa shape index (κ1) is 20.4. The number of rotatable bonds is 5. The topological polar surface area (TPSA) is 93.8 Å². The molecule has 0 radical (unpaired) electrons. The standard InChI is InChI=1S/C22H27N3O5/c1-13-23-17(10-21(26)24-13)16-12-25(22(27)19-5-4-8-30-19)11-15(16)14-6-7-18(28-2)20(9-14)29-3/h6-7,9-10,15-16,19H,4-5,8,11-12H2,1-3H3,(H,23,24,26)/t15-,16+,19?/m0/s1. The third kappa shape index (κ3) is 3.92. The molecule has 8 nitrogen and oxygen atoms in total. The van der Waals surface area contributed by atoms with Gasteiger partial charge in [0.15, 0.2) is 11.5 Å². The normalized spacial score (nSPS) is 23.6. The lowest BCUT2D eigenvalue weighted by Gasteiger charge is -2.20. The van der Waals surface area contributed by atoms with E-state index in [4.69, 9.17) is 14.2 Å². The van der Waals surface area contributed by atoms with Gasteiger partial charge in [0, 0.05) is 37.6 Å².